The largest absolute Gasteiger partial charge is 0.494 e. The van der Waals surface area contributed by atoms with Crippen LogP contribution in [0.2, 0.25) is 0 Å². The number of likely N-dealkylation sites (tertiary alicyclic amines) is 1. The second kappa shape index (κ2) is 10.2. The van der Waals surface area contributed by atoms with Crippen LogP contribution in [0.1, 0.15) is 44.1 Å². The Kier molecular flexibility index (Phi) is 7.16. The lowest BCUT2D eigenvalue weighted by atomic mass is 10.1. The molecule has 0 bridgehead atoms. The second-order valence-corrected chi connectivity index (χ2v) is 8.87. The molecule has 0 spiro atoms. The number of rotatable bonds is 9. The molecular formula is C21H31N5O2S. The van der Waals surface area contributed by atoms with Gasteiger partial charge in [0, 0.05) is 19.6 Å². The van der Waals surface area contributed by atoms with Gasteiger partial charge >= 0.3 is 0 Å². The monoisotopic (exact) mass is 417 g/mol. The summed E-state index contributed by atoms with van der Waals surface area (Å²) >= 11 is -1.50. The summed E-state index contributed by atoms with van der Waals surface area (Å²) in [6.45, 7) is 5.61. The summed E-state index contributed by atoms with van der Waals surface area (Å²) in [5, 5.41) is 6.49. The van der Waals surface area contributed by atoms with Crippen molar-refractivity contribution in [2.45, 2.75) is 45.1 Å². The van der Waals surface area contributed by atoms with E-state index < -0.39 is 11.2 Å². The standard InChI is InChI=1S/C21H31N5O2S/c27-29-24-20(21(25-29)23-15-17-8-9-17)22-10-5-13-28-19-7-4-6-18(14-19)16-26-11-2-1-3-12-26/h4,6-7,14,17H,1-3,5,8-13,15-16H2,(H,22,24)(H,23,25). The van der Waals surface area contributed by atoms with Crippen LogP contribution in [0.15, 0.2) is 33.1 Å². The molecule has 158 valence electrons. The van der Waals surface area contributed by atoms with Gasteiger partial charge in [-0.15, -0.1) is 8.80 Å². The van der Waals surface area contributed by atoms with E-state index in [9.17, 15) is 4.21 Å². The van der Waals surface area contributed by atoms with Crippen LogP contribution in [0, 0.1) is 5.92 Å². The Morgan fingerprint density at radius 2 is 1.90 bits per heavy atom. The molecule has 1 aromatic rings. The average Bonchev–Trinajstić information content (AvgIpc) is 3.49. The lowest BCUT2D eigenvalue weighted by molar-refractivity contribution is 0.220. The maximum Gasteiger partial charge on any atom is 0.269 e. The molecule has 1 aromatic carbocycles. The molecule has 8 heteroatoms. The van der Waals surface area contributed by atoms with Crippen molar-refractivity contribution >= 4 is 22.8 Å². The molecule has 2 aliphatic heterocycles. The first kappa shape index (κ1) is 20.3. The molecule has 0 aromatic heterocycles. The van der Waals surface area contributed by atoms with Gasteiger partial charge in [-0.2, -0.15) is 0 Å². The van der Waals surface area contributed by atoms with Crippen LogP contribution in [0.3, 0.4) is 0 Å². The minimum Gasteiger partial charge on any atom is -0.494 e. The summed E-state index contributed by atoms with van der Waals surface area (Å²) in [7, 11) is 0. The van der Waals surface area contributed by atoms with Crippen LogP contribution in [0.5, 0.6) is 5.75 Å². The summed E-state index contributed by atoms with van der Waals surface area (Å²) in [6, 6.07) is 8.42. The maximum atomic E-state index is 11.6. The van der Waals surface area contributed by atoms with E-state index in [-0.39, 0.29) is 0 Å². The van der Waals surface area contributed by atoms with Gasteiger partial charge in [-0.25, -0.2) is 4.21 Å². The Bertz CT molecular complexity index is 772. The first-order valence-electron chi connectivity index (χ1n) is 10.8. The molecule has 2 fully saturated rings. The predicted molar refractivity (Wildman–Crippen MR) is 117 cm³/mol. The molecule has 1 aliphatic carbocycles. The predicted octanol–water partition coefficient (Wildman–Crippen LogP) is 2.42. The van der Waals surface area contributed by atoms with E-state index in [4.69, 9.17) is 4.74 Å². The number of hydrogen-bond donors (Lipinski definition) is 2. The second-order valence-electron chi connectivity index (χ2n) is 8.05. The third-order valence-electron chi connectivity index (χ3n) is 5.45. The highest BCUT2D eigenvalue weighted by molar-refractivity contribution is 7.83. The van der Waals surface area contributed by atoms with Gasteiger partial charge in [0.2, 0.25) is 0 Å². The molecule has 0 amide bonds. The van der Waals surface area contributed by atoms with Crippen molar-refractivity contribution in [1.29, 1.82) is 0 Å². The minimum absolute atomic E-state index is 0.604. The lowest BCUT2D eigenvalue weighted by Crippen LogP contribution is -2.39. The van der Waals surface area contributed by atoms with Gasteiger partial charge in [0.25, 0.3) is 11.2 Å². The molecule has 0 radical (unpaired) electrons. The first-order valence-corrected chi connectivity index (χ1v) is 11.8. The molecule has 7 nitrogen and oxygen atoms in total. The number of piperidine rings is 1. The highest BCUT2D eigenvalue weighted by Gasteiger charge is 2.24. The smallest absolute Gasteiger partial charge is 0.269 e. The van der Waals surface area contributed by atoms with E-state index >= 15 is 0 Å². The van der Waals surface area contributed by atoms with E-state index in [1.54, 1.807) is 0 Å². The Morgan fingerprint density at radius 1 is 1.10 bits per heavy atom. The zero-order valence-electron chi connectivity index (χ0n) is 16.9. The van der Waals surface area contributed by atoms with Gasteiger partial charge < -0.3 is 15.4 Å². The Morgan fingerprint density at radius 3 is 2.69 bits per heavy atom. The van der Waals surface area contributed by atoms with Crippen molar-refractivity contribution < 1.29 is 8.95 Å². The first-order chi connectivity index (χ1) is 14.3. The van der Waals surface area contributed by atoms with Crippen molar-refractivity contribution in [1.82, 2.24) is 15.5 Å². The number of nitrogens with one attached hydrogen (secondary N) is 2. The molecule has 4 rings (SSSR count). The van der Waals surface area contributed by atoms with Crippen LogP contribution in [0.25, 0.3) is 0 Å². The number of benzene rings is 1. The van der Waals surface area contributed by atoms with Gasteiger partial charge in [0.05, 0.1) is 6.61 Å². The fourth-order valence-electron chi connectivity index (χ4n) is 3.64. The number of hydrogen-bond acceptors (Lipinski definition) is 5. The van der Waals surface area contributed by atoms with E-state index in [0.717, 1.165) is 31.2 Å². The highest BCUT2D eigenvalue weighted by atomic mass is 32.2. The molecule has 2 N–H and O–H groups in total. The van der Waals surface area contributed by atoms with Crippen molar-refractivity contribution in [3.8, 4) is 5.75 Å². The van der Waals surface area contributed by atoms with Gasteiger partial charge in [0.15, 0.2) is 11.7 Å². The van der Waals surface area contributed by atoms with Crippen LogP contribution in [-0.2, 0) is 17.7 Å². The molecular weight excluding hydrogens is 386 g/mol. The number of ether oxygens (including phenoxy) is 1. The van der Waals surface area contributed by atoms with Gasteiger partial charge in [-0.05, 0) is 68.8 Å². The molecule has 1 unspecified atom stereocenters. The van der Waals surface area contributed by atoms with Crippen molar-refractivity contribution in [3.63, 3.8) is 0 Å². The molecule has 2 heterocycles. The highest BCUT2D eigenvalue weighted by Crippen LogP contribution is 2.27. The van der Waals surface area contributed by atoms with Crippen molar-refractivity contribution in [2.75, 3.05) is 32.8 Å². The Hall–Kier alpha value is -1.93. The van der Waals surface area contributed by atoms with E-state index in [1.165, 1.54) is 50.8 Å². The molecule has 1 atom stereocenters. The lowest BCUT2D eigenvalue weighted by Gasteiger charge is -2.26. The normalized spacial score (nSPS) is 22.1. The minimum atomic E-state index is -1.50. The number of nitrogens with zero attached hydrogens (tertiary/aromatic N) is 3. The van der Waals surface area contributed by atoms with Crippen LogP contribution >= 0.6 is 0 Å². The molecule has 29 heavy (non-hydrogen) atoms. The summed E-state index contributed by atoms with van der Waals surface area (Å²) < 4.78 is 25.6. The quantitative estimate of drug-likeness (QED) is 0.604. The van der Waals surface area contributed by atoms with Crippen molar-refractivity contribution in [2.24, 2.45) is 14.7 Å². The maximum absolute atomic E-state index is 11.6. The molecule has 1 saturated carbocycles. The molecule has 3 aliphatic rings. The third kappa shape index (κ3) is 6.54. The fourth-order valence-corrected chi connectivity index (χ4v) is 4.29. The zero-order valence-corrected chi connectivity index (χ0v) is 17.8. The van der Waals surface area contributed by atoms with E-state index in [0.29, 0.717) is 24.8 Å². The SMILES string of the molecule is O=S1N=C(NCCCOc2cccc(CN3CCCCC3)c2)C(NCC2CC2)=N1. The average molecular weight is 418 g/mol. The topological polar surface area (TPSA) is 78.3 Å². The summed E-state index contributed by atoms with van der Waals surface area (Å²) in [4.78, 5) is 2.52. The van der Waals surface area contributed by atoms with E-state index in [2.05, 4.69) is 42.5 Å². The van der Waals surface area contributed by atoms with Crippen LogP contribution in [0.4, 0.5) is 0 Å². The Balaban J connectivity index is 1.16. The molecule has 1 saturated heterocycles. The van der Waals surface area contributed by atoms with E-state index in [1.807, 2.05) is 6.07 Å². The fraction of sp³-hybridized carbons (Fsp3) is 0.619. The Labute approximate surface area is 175 Å². The number of amidine groups is 2. The van der Waals surface area contributed by atoms with Crippen molar-refractivity contribution in [3.05, 3.63) is 29.8 Å². The third-order valence-corrected chi connectivity index (χ3v) is 6.13. The summed E-state index contributed by atoms with van der Waals surface area (Å²) in [5.74, 6) is 2.88. The van der Waals surface area contributed by atoms with Gasteiger partial charge in [-0.1, -0.05) is 18.6 Å². The summed E-state index contributed by atoms with van der Waals surface area (Å²) in [5.41, 5.74) is 1.31. The van der Waals surface area contributed by atoms with Gasteiger partial charge in [-0.3, -0.25) is 4.90 Å². The zero-order chi connectivity index (χ0) is 19.9. The van der Waals surface area contributed by atoms with Gasteiger partial charge in [0.1, 0.15) is 5.75 Å². The van der Waals surface area contributed by atoms with Crippen LogP contribution < -0.4 is 15.4 Å². The summed E-state index contributed by atoms with van der Waals surface area (Å²) in [6.07, 6.45) is 7.34. The van der Waals surface area contributed by atoms with Crippen LogP contribution in [-0.4, -0.2) is 53.6 Å².